The molecule has 0 saturated heterocycles. The predicted octanol–water partition coefficient (Wildman–Crippen LogP) is 7.93. The van der Waals surface area contributed by atoms with Gasteiger partial charge in [-0.05, 0) is 60.4 Å². The summed E-state index contributed by atoms with van der Waals surface area (Å²) in [6.07, 6.45) is -4.05. The molecule has 0 bridgehead atoms. The summed E-state index contributed by atoms with van der Waals surface area (Å²) in [6, 6.07) is 17.2. The van der Waals surface area contributed by atoms with Crippen molar-refractivity contribution in [1.82, 2.24) is 0 Å². The van der Waals surface area contributed by atoms with Crippen LogP contribution in [0.15, 0.2) is 66.7 Å². The van der Waals surface area contributed by atoms with Gasteiger partial charge in [0.2, 0.25) is 0 Å². The summed E-state index contributed by atoms with van der Waals surface area (Å²) in [5, 5.41) is 10.5. The molecule has 0 spiro atoms. The molecule has 1 N–H and O–H groups in total. The van der Waals surface area contributed by atoms with E-state index < -0.39 is 23.7 Å². The number of hydrogen-bond donors (Lipinski definition) is 1. The Kier molecular flexibility index (Phi) is 8.78. The van der Waals surface area contributed by atoms with E-state index in [2.05, 4.69) is 13.8 Å². The van der Waals surface area contributed by atoms with Crippen LogP contribution in [0.2, 0.25) is 0 Å². The van der Waals surface area contributed by atoms with E-state index >= 15 is 0 Å². The van der Waals surface area contributed by atoms with Gasteiger partial charge in [0.25, 0.3) is 0 Å². The zero-order valence-electron chi connectivity index (χ0n) is 20.1. The van der Waals surface area contributed by atoms with Gasteiger partial charge in [0.05, 0.1) is 11.7 Å². The zero-order valence-corrected chi connectivity index (χ0v) is 20.1. The topological polar surface area (TPSA) is 32.7 Å². The van der Waals surface area contributed by atoms with Crippen LogP contribution in [0, 0.1) is 5.82 Å². The number of aliphatic hydroxyl groups is 1. The van der Waals surface area contributed by atoms with Crippen LogP contribution in [-0.4, -0.2) is 17.8 Å². The van der Waals surface area contributed by atoms with Crippen molar-refractivity contribution in [3.8, 4) is 11.5 Å². The Morgan fingerprint density at radius 1 is 0.943 bits per heavy atom. The van der Waals surface area contributed by atoms with E-state index in [1.165, 1.54) is 0 Å². The second-order valence-corrected chi connectivity index (χ2v) is 8.95. The molecular weight excluding hydrogens is 458 g/mol. The van der Waals surface area contributed by atoms with Crippen molar-refractivity contribution in [2.24, 2.45) is 0 Å². The number of alkyl halides is 3. The molecule has 3 nitrogen and oxygen atoms in total. The Balaban J connectivity index is 1.91. The first-order valence-corrected chi connectivity index (χ1v) is 11.7. The highest BCUT2D eigenvalue weighted by atomic mass is 19.4. The van der Waals surface area contributed by atoms with Crippen LogP contribution in [-0.2, 0) is 12.7 Å². The van der Waals surface area contributed by atoms with Gasteiger partial charge in [-0.15, -0.1) is 0 Å². The Hall–Kier alpha value is -3.06. The number of anilines is 1. The summed E-state index contributed by atoms with van der Waals surface area (Å²) in [7, 11) is 0. The smallest absolute Gasteiger partial charge is 0.416 e. The van der Waals surface area contributed by atoms with Gasteiger partial charge in [-0.25, -0.2) is 4.39 Å². The van der Waals surface area contributed by atoms with Crippen molar-refractivity contribution in [3.05, 3.63) is 89.2 Å². The monoisotopic (exact) mass is 489 g/mol. The molecule has 0 radical (unpaired) electrons. The fourth-order valence-electron chi connectivity index (χ4n) is 3.83. The molecule has 0 amide bonds. The average Bonchev–Trinajstić information content (AvgIpc) is 2.79. The molecule has 0 heterocycles. The molecule has 1 unspecified atom stereocenters. The molecule has 1 atom stereocenters. The van der Waals surface area contributed by atoms with Crippen molar-refractivity contribution < 1.29 is 27.4 Å². The van der Waals surface area contributed by atoms with E-state index in [1.54, 1.807) is 29.2 Å². The fourth-order valence-corrected chi connectivity index (χ4v) is 3.83. The highest BCUT2D eigenvalue weighted by Gasteiger charge is 2.31. The van der Waals surface area contributed by atoms with E-state index in [1.807, 2.05) is 31.2 Å². The SMILES string of the molecule is CCCC(O)CN(Cc1cc(C(F)(F)F)ccc1F)c1cccc(Oc2cccc(C(C)C)c2)c1. The highest BCUT2D eigenvalue weighted by molar-refractivity contribution is 5.52. The van der Waals surface area contributed by atoms with Crippen LogP contribution in [0.3, 0.4) is 0 Å². The van der Waals surface area contributed by atoms with Crippen molar-refractivity contribution in [2.75, 3.05) is 11.4 Å². The van der Waals surface area contributed by atoms with Crippen LogP contribution in [0.25, 0.3) is 0 Å². The second kappa shape index (κ2) is 11.6. The summed E-state index contributed by atoms with van der Waals surface area (Å²) < 4.78 is 60.2. The van der Waals surface area contributed by atoms with E-state index in [4.69, 9.17) is 4.74 Å². The summed E-state index contributed by atoms with van der Waals surface area (Å²) in [5.41, 5.74) is 0.724. The third kappa shape index (κ3) is 7.46. The molecule has 0 aromatic heterocycles. The lowest BCUT2D eigenvalue weighted by Crippen LogP contribution is -2.32. The minimum atomic E-state index is -4.58. The lowest BCUT2D eigenvalue weighted by Gasteiger charge is -2.28. The third-order valence-electron chi connectivity index (χ3n) is 5.73. The van der Waals surface area contributed by atoms with Crippen molar-refractivity contribution in [1.29, 1.82) is 0 Å². The van der Waals surface area contributed by atoms with Gasteiger partial charge in [-0.2, -0.15) is 13.2 Å². The summed E-state index contributed by atoms with van der Waals surface area (Å²) in [6.45, 7) is 6.11. The fraction of sp³-hybridized carbons (Fsp3) is 0.357. The maximum Gasteiger partial charge on any atom is 0.416 e. The molecule has 3 rings (SSSR count). The first-order valence-electron chi connectivity index (χ1n) is 11.7. The standard InChI is InChI=1S/C28H31F4NO2/c1-4-7-24(34)18-33(17-21-14-22(28(30,31)32)12-13-27(21)29)23-9-6-11-26(16-23)35-25-10-5-8-20(15-25)19(2)3/h5-6,8-16,19,24,34H,4,7,17-18H2,1-3H3. The maximum absolute atomic E-state index is 14.5. The van der Waals surface area contributed by atoms with Crippen LogP contribution < -0.4 is 9.64 Å². The van der Waals surface area contributed by atoms with Crippen LogP contribution in [0.1, 0.15) is 56.2 Å². The van der Waals surface area contributed by atoms with E-state index in [9.17, 15) is 22.7 Å². The number of ether oxygens (including phenoxy) is 1. The minimum absolute atomic E-state index is 0.0977. The van der Waals surface area contributed by atoms with Crippen LogP contribution in [0.4, 0.5) is 23.2 Å². The molecular formula is C28H31F4NO2. The largest absolute Gasteiger partial charge is 0.457 e. The average molecular weight is 490 g/mol. The Bertz CT molecular complexity index is 1110. The summed E-state index contributed by atoms with van der Waals surface area (Å²) in [5.74, 6) is 0.798. The molecule has 35 heavy (non-hydrogen) atoms. The summed E-state index contributed by atoms with van der Waals surface area (Å²) >= 11 is 0. The predicted molar refractivity (Wildman–Crippen MR) is 130 cm³/mol. The third-order valence-corrected chi connectivity index (χ3v) is 5.73. The Morgan fingerprint density at radius 2 is 1.63 bits per heavy atom. The molecule has 0 saturated carbocycles. The molecule has 7 heteroatoms. The number of rotatable bonds is 10. The molecule has 0 aliphatic heterocycles. The molecule has 3 aromatic carbocycles. The number of halogens is 4. The van der Waals surface area contributed by atoms with Gasteiger partial charge in [-0.3, -0.25) is 0 Å². The van der Waals surface area contributed by atoms with Gasteiger partial charge < -0.3 is 14.7 Å². The lowest BCUT2D eigenvalue weighted by atomic mass is 10.0. The van der Waals surface area contributed by atoms with E-state index in [-0.39, 0.29) is 18.7 Å². The Morgan fingerprint density at radius 3 is 2.29 bits per heavy atom. The van der Waals surface area contributed by atoms with Gasteiger partial charge in [0.1, 0.15) is 17.3 Å². The quantitative estimate of drug-likeness (QED) is 0.294. The number of hydrogen-bond acceptors (Lipinski definition) is 3. The molecule has 0 fully saturated rings. The zero-order chi connectivity index (χ0) is 25.6. The van der Waals surface area contributed by atoms with Crippen LogP contribution in [0.5, 0.6) is 11.5 Å². The van der Waals surface area contributed by atoms with Crippen molar-refractivity contribution in [3.63, 3.8) is 0 Å². The molecule has 0 aliphatic rings. The van der Waals surface area contributed by atoms with E-state index in [0.717, 1.165) is 30.2 Å². The number of nitrogens with zero attached hydrogens (tertiary/aromatic N) is 1. The normalized spacial score (nSPS) is 12.6. The minimum Gasteiger partial charge on any atom is -0.457 e. The number of benzene rings is 3. The van der Waals surface area contributed by atoms with Gasteiger partial charge in [0.15, 0.2) is 0 Å². The first-order chi connectivity index (χ1) is 16.6. The van der Waals surface area contributed by atoms with Gasteiger partial charge in [0, 0.05) is 30.4 Å². The number of aliphatic hydroxyl groups excluding tert-OH is 1. The lowest BCUT2D eigenvalue weighted by molar-refractivity contribution is -0.137. The Labute approximate surface area is 204 Å². The van der Waals surface area contributed by atoms with Crippen molar-refractivity contribution in [2.45, 2.75) is 58.4 Å². The maximum atomic E-state index is 14.5. The van der Waals surface area contributed by atoms with Gasteiger partial charge >= 0.3 is 6.18 Å². The van der Waals surface area contributed by atoms with Crippen LogP contribution >= 0.6 is 0 Å². The van der Waals surface area contributed by atoms with E-state index in [0.29, 0.717) is 29.5 Å². The molecule has 188 valence electrons. The summed E-state index contributed by atoms with van der Waals surface area (Å²) in [4.78, 5) is 1.68. The van der Waals surface area contributed by atoms with Gasteiger partial charge in [-0.1, -0.05) is 45.4 Å². The highest BCUT2D eigenvalue weighted by Crippen LogP contribution is 2.32. The molecule has 0 aliphatic carbocycles. The molecule has 3 aromatic rings. The van der Waals surface area contributed by atoms with Crippen molar-refractivity contribution >= 4 is 5.69 Å². The second-order valence-electron chi connectivity index (χ2n) is 8.95. The first kappa shape index (κ1) is 26.5.